The summed E-state index contributed by atoms with van der Waals surface area (Å²) in [5, 5.41) is 8.82. The number of likely N-dealkylation sites (tertiary alicyclic amines) is 1. The third kappa shape index (κ3) is 2.69. The number of amides is 1. The molecule has 1 atom stereocenters. The number of nitrogens with zero attached hydrogens (tertiary/aromatic N) is 6. The third-order valence-electron chi connectivity index (χ3n) is 4.92. The van der Waals surface area contributed by atoms with E-state index in [9.17, 15) is 4.79 Å². The standard InChI is InChI=1S/C17H22N6O/c1-21-10-11-23-15(12-21)19-20-16(23)14-7-3-5-9-22(14)17(24)13-6-2-4-8-18-13/h2,4,6,8,14H,3,5,7,9-12H2,1H3/t14-/m1/s1. The smallest absolute Gasteiger partial charge is 0.273 e. The highest BCUT2D eigenvalue weighted by atomic mass is 16.2. The lowest BCUT2D eigenvalue weighted by Crippen LogP contribution is -2.41. The zero-order chi connectivity index (χ0) is 16.5. The predicted molar refractivity (Wildman–Crippen MR) is 88.2 cm³/mol. The van der Waals surface area contributed by atoms with E-state index in [0.29, 0.717) is 5.69 Å². The highest BCUT2D eigenvalue weighted by Gasteiger charge is 2.34. The van der Waals surface area contributed by atoms with Crippen LogP contribution in [0.15, 0.2) is 24.4 Å². The number of carbonyl (C=O) groups excluding carboxylic acids is 1. The zero-order valence-electron chi connectivity index (χ0n) is 13.9. The molecule has 0 N–H and O–H groups in total. The van der Waals surface area contributed by atoms with Gasteiger partial charge in [-0.1, -0.05) is 6.07 Å². The summed E-state index contributed by atoms with van der Waals surface area (Å²) >= 11 is 0. The molecular formula is C17H22N6O. The van der Waals surface area contributed by atoms with Gasteiger partial charge in [0.25, 0.3) is 5.91 Å². The highest BCUT2D eigenvalue weighted by Crippen LogP contribution is 2.32. The normalized spacial score (nSPS) is 21.5. The number of piperidine rings is 1. The fourth-order valence-electron chi connectivity index (χ4n) is 3.63. The zero-order valence-corrected chi connectivity index (χ0v) is 13.9. The van der Waals surface area contributed by atoms with Crippen LogP contribution in [-0.2, 0) is 13.1 Å². The van der Waals surface area contributed by atoms with Crippen LogP contribution in [0.25, 0.3) is 0 Å². The first kappa shape index (κ1) is 15.3. The number of fused-ring (bicyclic) bond motifs is 1. The number of aromatic nitrogens is 4. The van der Waals surface area contributed by atoms with Gasteiger partial charge in [0.2, 0.25) is 0 Å². The second-order valence-corrected chi connectivity index (χ2v) is 6.59. The van der Waals surface area contributed by atoms with Crippen molar-refractivity contribution in [3.63, 3.8) is 0 Å². The molecule has 24 heavy (non-hydrogen) atoms. The van der Waals surface area contributed by atoms with Crippen LogP contribution >= 0.6 is 0 Å². The maximum Gasteiger partial charge on any atom is 0.273 e. The summed E-state index contributed by atoms with van der Waals surface area (Å²) in [5.74, 6) is 1.92. The molecule has 1 saturated heterocycles. The summed E-state index contributed by atoms with van der Waals surface area (Å²) in [5.41, 5.74) is 0.502. The van der Waals surface area contributed by atoms with Crippen LogP contribution in [0.2, 0.25) is 0 Å². The van der Waals surface area contributed by atoms with Crippen molar-refractivity contribution in [3.05, 3.63) is 41.7 Å². The molecule has 0 spiro atoms. The third-order valence-corrected chi connectivity index (χ3v) is 4.92. The first-order valence-corrected chi connectivity index (χ1v) is 8.56. The van der Waals surface area contributed by atoms with Crippen molar-refractivity contribution in [1.82, 2.24) is 29.5 Å². The Morgan fingerprint density at radius 1 is 1.17 bits per heavy atom. The summed E-state index contributed by atoms with van der Waals surface area (Å²) < 4.78 is 2.20. The maximum atomic E-state index is 12.9. The fourth-order valence-corrected chi connectivity index (χ4v) is 3.63. The van der Waals surface area contributed by atoms with E-state index in [2.05, 4.69) is 31.7 Å². The lowest BCUT2D eigenvalue weighted by Gasteiger charge is -2.35. The van der Waals surface area contributed by atoms with Crippen LogP contribution in [0.1, 0.15) is 47.4 Å². The van der Waals surface area contributed by atoms with E-state index in [1.165, 1.54) is 0 Å². The molecule has 2 aromatic heterocycles. The second-order valence-electron chi connectivity index (χ2n) is 6.59. The van der Waals surface area contributed by atoms with Gasteiger partial charge in [0.05, 0.1) is 12.6 Å². The molecule has 7 nitrogen and oxygen atoms in total. The Hall–Kier alpha value is -2.28. The van der Waals surface area contributed by atoms with Crippen molar-refractivity contribution >= 4 is 5.91 Å². The number of hydrogen-bond acceptors (Lipinski definition) is 5. The van der Waals surface area contributed by atoms with E-state index >= 15 is 0 Å². The monoisotopic (exact) mass is 326 g/mol. The quantitative estimate of drug-likeness (QED) is 0.836. The summed E-state index contributed by atoms with van der Waals surface area (Å²) in [6, 6.07) is 5.46. The van der Waals surface area contributed by atoms with Crippen LogP contribution in [-0.4, -0.2) is 55.6 Å². The van der Waals surface area contributed by atoms with Crippen LogP contribution in [0.4, 0.5) is 0 Å². The molecule has 2 aliphatic heterocycles. The number of rotatable bonds is 2. The average molecular weight is 326 g/mol. The van der Waals surface area contributed by atoms with Gasteiger partial charge in [-0.2, -0.15) is 0 Å². The minimum absolute atomic E-state index is 0.00193. The van der Waals surface area contributed by atoms with Gasteiger partial charge < -0.3 is 9.47 Å². The van der Waals surface area contributed by atoms with E-state index in [4.69, 9.17) is 0 Å². The first-order chi connectivity index (χ1) is 11.7. The van der Waals surface area contributed by atoms with E-state index in [0.717, 1.165) is 57.1 Å². The molecule has 0 aliphatic carbocycles. The largest absolute Gasteiger partial charge is 0.327 e. The number of hydrogen-bond donors (Lipinski definition) is 0. The summed E-state index contributed by atoms with van der Waals surface area (Å²) in [7, 11) is 2.09. The lowest BCUT2D eigenvalue weighted by molar-refractivity contribution is 0.0585. The molecule has 1 fully saturated rings. The molecular weight excluding hydrogens is 304 g/mol. The SMILES string of the molecule is CN1CCn2c(nnc2[C@H]2CCCCN2C(=O)c2ccccn2)C1. The second kappa shape index (κ2) is 6.32. The molecule has 0 saturated carbocycles. The summed E-state index contributed by atoms with van der Waals surface area (Å²) in [4.78, 5) is 21.3. The number of carbonyl (C=O) groups is 1. The van der Waals surface area contributed by atoms with Crippen molar-refractivity contribution < 1.29 is 4.79 Å². The Morgan fingerprint density at radius 3 is 2.92 bits per heavy atom. The molecule has 0 unspecified atom stereocenters. The number of likely N-dealkylation sites (N-methyl/N-ethyl adjacent to an activating group) is 1. The van der Waals surface area contributed by atoms with Crippen molar-refractivity contribution in [2.24, 2.45) is 0 Å². The molecule has 0 aromatic carbocycles. The molecule has 126 valence electrons. The van der Waals surface area contributed by atoms with E-state index in [-0.39, 0.29) is 11.9 Å². The van der Waals surface area contributed by atoms with Gasteiger partial charge in [-0.05, 0) is 38.4 Å². The predicted octanol–water partition coefficient (Wildman–Crippen LogP) is 1.49. The molecule has 2 aromatic rings. The Bertz CT molecular complexity index is 728. The van der Waals surface area contributed by atoms with Gasteiger partial charge in [0, 0.05) is 25.8 Å². The van der Waals surface area contributed by atoms with Crippen molar-refractivity contribution in [1.29, 1.82) is 0 Å². The molecule has 2 aliphatic rings. The first-order valence-electron chi connectivity index (χ1n) is 8.56. The van der Waals surface area contributed by atoms with Crippen molar-refractivity contribution in [3.8, 4) is 0 Å². The van der Waals surface area contributed by atoms with Gasteiger partial charge in [-0.25, -0.2) is 0 Å². The summed E-state index contributed by atoms with van der Waals surface area (Å²) in [6.07, 6.45) is 4.74. The van der Waals surface area contributed by atoms with Gasteiger partial charge in [-0.3, -0.25) is 14.7 Å². The lowest BCUT2D eigenvalue weighted by atomic mass is 10.0. The van der Waals surface area contributed by atoms with Crippen molar-refractivity contribution in [2.75, 3.05) is 20.1 Å². The van der Waals surface area contributed by atoms with Crippen LogP contribution in [0.3, 0.4) is 0 Å². The Labute approximate surface area is 141 Å². The van der Waals surface area contributed by atoms with E-state index in [1.807, 2.05) is 17.0 Å². The van der Waals surface area contributed by atoms with Gasteiger partial charge in [0.1, 0.15) is 11.5 Å². The number of pyridine rings is 1. The van der Waals surface area contributed by atoms with E-state index in [1.54, 1.807) is 12.3 Å². The minimum atomic E-state index is -0.00872. The highest BCUT2D eigenvalue weighted by molar-refractivity contribution is 5.92. The Morgan fingerprint density at radius 2 is 2.08 bits per heavy atom. The average Bonchev–Trinajstić information content (AvgIpc) is 3.04. The van der Waals surface area contributed by atoms with Crippen LogP contribution < -0.4 is 0 Å². The van der Waals surface area contributed by atoms with Crippen LogP contribution in [0, 0.1) is 0 Å². The molecule has 4 rings (SSSR count). The topological polar surface area (TPSA) is 67.2 Å². The molecule has 4 heterocycles. The van der Waals surface area contributed by atoms with E-state index < -0.39 is 0 Å². The molecule has 1 amide bonds. The van der Waals surface area contributed by atoms with Gasteiger partial charge in [0.15, 0.2) is 5.82 Å². The van der Waals surface area contributed by atoms with Gasteiger partial charge >= 0.3 is 0 Å². The van der Waals surface area contributed by atoms with Crippen LogP contribution in [0.5, 0.6) is 0 Å². The summed E-state index contributed by atoms with van der Waals surface area (Å²) in [6.45, 7) is 3.44. The Balaban J connectivity index is 1.65. The van der Waals surface area contributed by atoms with Crippen molar-refractivity contribution in [2.45, 2.75) is 38.4 Å². The molecule has 7 heteroatoms. The molecule has 0 bridgehead atoms. The molecule has 0 radical (unpaired) electrons. The fraction of sp³-hybridized carbons (Fsp3) is 0.529. The minimum Gasteiger partial charge on any atom is -0.327 e. The maximum absolute atomic E-state index is 12.9. The Kier molecular flexibility index (Phi) is 4.02. The van der Waals surface area contributed by atoms with Gasteiger partial charge in [-0.15, -0.1) is 10.2 Å².